The van der Waals surface area contributed by atoms with Gasteiger partial charge >= 0.3 is 0 Å². The van der Waals surface area contributed by atoms with Gasteiger partial charge in [0.25, 0.3) is 0 Å². The van der Waals surface area contributed by atoms with Crippen molar-refractivity contribution in [1.29, 1.82) is 5.26 Å². The molecule has 0 bridgehead atoms. The predicted octanol–water partition coefficient (Wildman–Crippen LogP) is 2.04. The molecule has 2 aromatic rings. The molecule has 0 atom stereocenters. The van der Waals surface area contributed by atoms with Gasteiger partial charge < -0.3 is 4.74 Å². The molecule has 6 nitrogen and oxygen atoms in total. The minimum absolute atomic E-state index is 0.411. The Morgan fingerprint density at radius 3 is 3.00 bits per heavy atom. The lowest BCUT2D eigenvalue weighted by Crippen LogP contribution is -1.98. The van der Waals surface area contributed by atoms with Gasteiger partial charge in [0.15, 0.2) is 0 Å². The molecule has 0 radical (unpaired) electrons. The average Bonchev–Trinajstić information content (AvgIpc) is 3.19. The summed E-state index contributed by atoms with van der Waals surface area (Å²) in [6.07, 6.45) is 2.23. The summed E-state index contributed by atoms with van der Waals surface area (Å²) < 4.78 is 7.01. The third kappa shape index (κ3) is 2.39. The fourth-order valence-electron chi connectivity index (χ4n) is 1.71. The molecule has 0 saturated heterocycles. The van der Waals surface area contributed by atoms with Crippen molar-refractivity contribution >= 4 is 11.8 Å². The molecule has 0 amide bonds. The Bertz CT molecular complexity index is 644. The van der Waals surface area contributed by atoms with Gasteiger partial charge in [0, 0.05) is 4.90 Å². The monoisotopic (exact) mass is 273 g/mol. The lowest BCUT2D eigenvalue weighted by atomic mass is 10.2. The van der Waals surface area contributed by atoms with Crippen molar-refractivity contribution in [3.8, 4) is 11.8 Å². The number of tetrazole rings is 1. The van der Waals surface area contributed by atoms with E-state index in [0.717, 1.165) is 17.7 Å². The van der Waals surface area contributed by atoms with Gasteiger partial charge in [0.05, 0.1) is 18.7 Å². The largest absolute Gasteiger partial charge is 0.497 e. The second kappa shape index (κ2) is 4.90. The van der Waals surface area contributed by atoms with Crippen LogP contribution in [0.2, 0.25) is 0 Å². The lowest BCUT2D eigenvalue weighted by Gasteiger charge is -2.06. The van der Waals surface area contributed by atoms with E-state index in [4.69, 9.17) is 10.00 Å². The topological polar surface area (TPSA) is 76.6 Å². The fourth-order valence-corrected chi connectivity index (χ4v) is 2.66. The van der Waals surface area contributed by atoms with Crippen molar-refractivity contribution in [2.24, 2.45) is 0 Å². The van der Waals surface area contributed by atoms with Crippen LogP contribution in [0.5, 0.6) is 5.75 Å². The Hall–Kier alpha value is -2.07. The molecule has 1 aliphatic rings. The van der Waals surface area contributed by atoms with Crippen LogP contribution in [0.4, 0.5) is 0 Å². The van der Waals surface area contributed by atoms with Crippen LogP contribution < -0.4 is 4.74 Å². The maximum atomic E-state index is 9.14. The third-order valence-corrected chi connectivity index (χ3v) is 3.87. The average molecular weight is 273 g/mol. The van der Waals surface area contributed by atoms with Gasteiger partial charge in [-0.15, -0.1) is 5.10 Å². The zero-order valence-electron chi connectivity index (χ0n) is 10.3. The smallest absolute Gasteiger partial charge is 0.214 e. The molecule has 1 aromatic carbocycles. The molecule has 0 spiro atoms. The minimum atomic E-state index is 0.411. The maximum Gasteiger partial charge on any atom is 0.214 e. The van der Waals surface area contributed by atoms with Gasteiger partial charge in [-0.3, -0.25) is 0 Å². The Balaban J connectivity index is 1.93. The van der Waals surface area contributed by atoms with Crippen molar-refractivity contribution < 1.29 is 4.74 Å². The quantitative estimate of drug-likeness (QED) is 0.848. The van der Waals surface area contributed by atoms with Gasteiger partial charge in [-0.2, -0.15) is 5.26 Å². The molecular formula is C12H11N5OS. The molecule has 96 valence electrons. The first-order valence-electron chi connectivity index (χ1n) is 5.85. The highest BCUT2D eigenvalue weighted by Gasteiger charge is 2.28. The fraction of sp³-hybridized carbons (Fsp3) is 0.333. The molecule has 0 N–H and O–H groups in total. The van der Waals surface area contributed by atoms with Crippen LogP contribution in [0.1, 0.15) is 24.4 Å². The molecular weight excluding hydrogens is 262 g/mol. The molecule has 1 fully saturated rings. The van der Waals surface area contributed by atoms with Crippen LogP contribution in [-0.4, -0.2) is 27.3 Å². The van der Waals surface area contributed by atoms with Gasteiger partial charge in [-0.25, -0.2) is 4.68 Å². The predicted molar refractivity (Wildman–Crippen MR) is 67.9 cm³/mol. The van der Waals surface area contributed by atoms with E-state index in [2.05, 4.69) is 21.6 Å². The third-order valence-electron chi connectivity index (χ3n) is 2.87. The van der Waals surface area contributed by atoms with Crippen LogP contribution in [0.25, 0.3) is 0 Å². The Labute approximate surface area is 114 Å². The van der Waals surface area contributed by atoms with Crippen LogP contribution in [0.15, 0.2) is 28.3 Å². The van der Waals surface area contributed by atoms with E-state index in [1.165, 1.54) is 11.8 Å². The summed E-state index contributed by atoms with van der Waals surface area (Å²) in [4.78, 5) is 0.804. The lowest BCUT2D eigenvalue weighted by molar-refractivity contribution is 0.413. The van der Waals surface area contributed by atoms with E-state index < -0.39 is 0 Å². The highest BCUT2D eigenvalue weighted by Crippen LogP contribution is 2.39. The van der Waals surface area contributed by atoms with E-state index in [1.54, 1.807) is 19.2 Å². The number of nitrogens with zero attached hydrogens (tertiary/aromatic N) is 5. The number of methoxy groups -OCH3 is 1. The van der Waals surface area contributed by atoms with Crippen molar-refractivity contribution in [3.05, 3.63) is 23.8 Å². The number of hydrogen-bond acceptors (Lipinski definition) is 6. The number of aromatic nitrogens is 4. The Kier molecular flexibility index (Phi) is 3.09. The molecule has 1 heterocycles. The first-order chi connectivity index (χ1) is 9.31. The summed E-state index contributed by atoms with van der Waals surface area (Å²) in [6, 6.07) is 7.92. The van der Waals surface area contributed by atoms with Crippen molar-refractivity contribution in [1.82, 2.24) is 20.2 Å². The summed E-state index contributed by atoms with van der Waals surface area (Å²) in [5, 5.41) is 21.6. The minimum Gasteiger partial charge on any atom is -0.497 e. The number of ether oxygens (including phenoxy) is 1. The molecule has 19 heavy (non-hydrogen) atoms. The Morgan fingerprint density at radius 1 is 1.47 bits per heavy atom. The van der Waals surface area contributed by atoms with Crippen LogP contribution >= 0.6 is 11.8 Å². The van der Waals surface area contributed by atoms with E-state index in [0.29, 0.717) is 22.5 Å². The summed E-state index contributed by atoms with van der Waals surface area (Å²) in [5.74, 6) is 0.715. The first kappa shape index (κ1) is 12.0. The summed E-state index contributed by atoms with van der Waals surface area (Å²) in [5.41, 5.74) is 0.594. The molecule has 1 aliphatic carbocycles. The second-order valence-corrected chi connectivity index (χ2v) is 5.22. The van der Waals surface area contributed by atoms with Crippen LogP contribution in [-0.2, 0) is 0 Å². The van der Waals surface area contributed by atoms with E-state index in [-0.39, 0.29) is 0 Å². The summed E-state index contributed by atoms with van der Waals surface area (Å²) >= 11 is 1.39. The van der Waals surface area contributed by atoms with Crippen LogP contribution in [0, 0.1) is 11.3 Å². The molecule has 0 unspecified atom stereocenters. The molecule has 0 aliphatic heterocycles. The Morgan fingerprint density at radius 2 is 2.32 bits per heavy atom. The summed E-state index contributed by atoms with van der Waals surface area (Å²) in [7, 11) is 1.60. The molecule has 1 aromatic heterocycles. The number of benzene rings is 1. The van der Waals surface area contributed by atoms with Crippen molar-refractivity contribution in [3.63, 3.8) is 0 Å². The van der Waals surface area contributed by atoms with Gasteiger partial charge in [0.1, 0.15) is 11.8 Å². The van der Waals surface area contributed by atoms with Gasteiger partial charge in [-0.05, 0) is 53.2 Å². The highest BCUT2D eigenvalue weighted by atomic mass is 32.2. The number of hydrogen-bond donors (Lipinski definition) is 0. The summed E-state index contributed by atoms with van der Waals surface area (Å²) in [6.45, 7) is 0. The van der Waals surface area contributed by atoms with Crippen LogP contribution in [0.3, 0.4) is 0 Å². The molecule has 7 heteroatoms. The maximum absolute atomic E-state index is 9.14. The van der Waals surface area contributed by atoms with E-state index >= 15 is 0 Å². The van der Waals surface area contributed by atoms with E-state index in [1.807, 2.05) is 10.7 Å². The second-order valence-electron chi connectivity index (χ2n) is 4.21. The van der Waals surface area contributed by atoms with Gasteiger partial charge in [-0.1, -0.05) is 0 Å². The van der Waals surface area contributed by atoms with E-state index in [9.17, 15) is 0 Å². The SMILES string of the molecule is COc1ccc(C#N)c(Sc2nnnn2C2CC2)c1. The molecule has 1 saturated carbocycles. The number of rotatable bonds is 4. The zero-order chi connectivity index (χ0) is 13.2. The van der Waals surface area contributed by atoms with Crippen molar-refractivity contribution in [2.75, 3.05) is 7.11 Å². The highest BCUT2D eigenvalue weighted by molar-refractivity contribution is 7.99. The van der Waals surface area contributed by atoms with Gasteiger partial charge in [0.2, 0.25) is 5.16 Å². The zero-order valence-corrected chi connectivity index (χ0v) is 11.1. The molecule has 3 rings (SSSR count). The first-order valence-corrected chi connectivity index (χ1v) is 6.67. The van der Waals surface area contributed by atoms with Crippen molar-refractivity contribution in [2.45, 2.75) is 28.9 Å². The number of nitriles is 1. The standard InChI is InChI=1S/C12H11N5OS/c1-18-10-5-2-8(7-13)11(6-10)19-12-14-15-16-17(12)9-3-4-9/h2,5-6,9H,3-4H2,1H3. The normalized spacial score (nSPS) is 14.1.